The van der Waals surface area contributed by atoms with Crippen LogP contribution in [0.3, 0.4) is 0 Å². The Kier molecular flexibility index (Phi) is 5.48. The van der Waals surface area contributed by atoms with Gasteiger partial charge in [-0.15, -0.1) is 11.3 Å². The van der Waals surface area contributed by atoms with Crippen molar-refractivity contribution in [3.05, 3.63) is 63.5 Å². The van der Waals surface area contributed by atoms with E-state index in [1.807, 2.05) is 17.5 Å². The molecule has 4 nitrogen and oxygen atoms in total. The van der Waals surface area contributed by atoms with Crippen molar-refractivity contribution in [1.82, 2.24) is 14.9 Å². The van der Waals surface area contributed by atoms with Crippen LogP contribution in [0.25, 0.3) is 10.2 Å². The Labute approximate surface area is 143 Å². The monoisotopic (exact) mass is 345 g/mol. The first-order valence-corrected chi connectivity index (χ1v) is 9.52. The summed E-state index contributed by atoms with van der Waals surface area (Å²) in [7, 11) is 2.13. The van der Waals surface area contributed by atoms with E-state index < -0.39 is 0 Å². The van der Waals surface area contributed by atoms with Gasteiger partial charge in [-0.25, -0.2) is 4.98 Å². The smallest absolute Gasteiger partial charge is 0.268 e. The van der Waals surface area contributed by atoms with Crippen LogP contribution in [0.15, 0.2) is 46.6 Å². The average Bonchev–Trinajstić information content (AvgIpc) is 3.02. The minimum atomic E-state index is -0.0261. The normalized spacial score (nSPS) is 11.4. The van der Waals surface area contributed by atoms with Crippen LogP contribution in [0.2, 0.25) is 0 Å². The molecule has 1 aromatic carbocycles. The number of nitrogens with one attached hydrogen (secondary N) is 1. The highest BCUT2D eigenvalue weighted by Crippen LogP contribution is 2.16. The molecule has 3 aromatic rings. The zero-order valence-electron chi connectivity index (χ0n) is 13.0. The van der Waals surface area contributed by atoms with Crippen LogP contribution in [0, 0.1) is 0 Å². The molecule has 1 N–H and O–H groups in total. The Morgan fingerprint density at radius 2 is 2.09 bits per heavy atom. The fraction of sp³-hybridized carbons (Fsp3) is 0.294. The number of aromatic amines is 1. The van der Waals surface area contributed by atoms with Crippen LogP contribution in [0.1, 0.15) is 11.4 Å². The number of thiophene rings is 1. The molecule has 23 heavy (non-hydrogen) atoms. The molecule has 120 valence electrons. The summed E-state index contributed by atoms with van der Waals surface area (Å²) in [6, 6.07) is 12.4. The van der Waals surface area contributed by atoms with Crippen molar-refractivity contribution >= 4 is 33.3 Å². The molecule has 3 rings (SSSR count). The zero-order chi connectivity index (χ0) is 16.1. The van der Waals surface area contributed by atoms with Crippen molar-refractivity contribution < 1.29 is 0 Å². The molecular formula is C17H19N3OS2. The van der Waals surface area contributed by atoms with E-state index in [9.17, 15) is 4.79 Å². The van der Waals surface area contributed by atoms with E-state index in [0.29, 0.717) is 4.70 Å². The lowest BCUT2D eigenvalue weighted by Crippen LogP contribution is -2.20. The van der Waals surface area contributed by atoms with E-state index in [2.05, 4.69) is 46.2 Å². The Morgan fingerprint density at radius 3 is 2.91 bits per heavy atom. The SMILES string of the molecule is CN(CCSCc1nc2ccsc2c(=O)[nH]1)Cc1ccccc1. The molecule has 0 fully saturated rings. The number of H-pyrrole nitrogens is 1. The molecular weight excluding hydrogens is 326 g/mol. The predicted octanol–water partition coefficient (Wildman–Crippen LogP) is 3.35. The van der Waals surface area contributed by atoms with Crippen LogP contribution < -0.4 is 5.56 Å². The first-order valence-electron chi connectivity index (χ1n) is 7.49. The standard InChI is InChI=1S/C17H19N3OS2/c1-20(11-13-5-3-2-4-6-13)8-10-22-12-15-18-14-7-9-23-16(14)17(21)19-15/h2-7,9H,8,10-12H2,1H3,(H,18,19,21). The molecule has 0 amide bonds. The van der Waals surface area contributed by atoms with Gasteiger partial charge >= 0.3 is 0 Å². The molecule has 6 heteroatoms. The van der Waals surface area contributed by atoms with E-state index in [1.54, 1.807) is 11.8 Å². The molecule has 0 atom stereocenters. The summed E-state index contributed by atoms with van der Waals surface area (Å²) in [4.78, 5) is 21.6. The lowest BCUT2D eigenvalue weighted by molar-refractivity contribution is 0.348. The summed E-state index contributed by atoms with van der Waals surface area (Å²) >= 11 is 3.23. The quantitative estimate of drug-likeness (QED) is 0.667. The first kappa shape index (κ1) is 16.2. The summed E-state index contributed by atoms with van der Waals surface area (Å²) in [5.74, 6) is 2.51. The van der Waals surface area contributed by atoms with E-state index >= 15 is 0 Å². The molecule has 0 aliphatic heterocycles. The fourth-order valence-electron chi connectivity index (χ4n) is 2.35. The van der Waals surface area contributed by atoms with Gasteiger partial charge in [0.1, 0.15) is 10.5 Å². The zero-order valence-corrected chi connectivity index (χ0v) is 14.6. The fourth-order valence-corrected chi connectivity index (χ4v) is 3.99. The molecule has 2 aromatic heterocycles. The van der Waals surface area contributed by atoms with Gasteiger partial charge in [0.25, 0.3) is 5.56 Å². The van der Waals surface area contributed by atoms with Crippen molar-refractivity contribution in [1.29, 1.82) is 0 Å². The number of benzene rings is 1. The van der Waals surface area contributed by atoms with Crippen LogP contribution >= 0.6 is 23.1 Å². The molecule has 0 spiro atoms. The summed E-state index contributed by atoms with van der Waals surface area (Å²) in [5, 5.41) is 1.91. The summed E-state index contributed by atoms with van der Waals surface area (Å²) in [6.45, 7) is 1.96. The topological polar surface area (TPSA) is 49.0 Å². The third-order valence-corrected chi connectivity index (χ3v) is 5.37. The highest BCUT2D eigenvalue weighted by molar-refractivity contribution is 7.98. The maximum Gasteiger partial charge on any atom is 0.268 e. The van der Waals surface area contributed by atoms with Gasteiger partial charge in [0.2, 0.25) is 0 Å². The van der Waals surface area contributed by atoms with Gasteiger partial charge in [-0.3, -0.25) is 4.79 Å². The summed E-state index contributed by atoms with van der Waals surface area (Å²) in [5.41, 5.74) is 2.10. The van der Waals surface area contributed by atoms with Crippen LogP contribution in [0.4, 0.5) is 0 Å². The number of nitrogens with zero attached hydrogens (tertiary/aromatic N) is 2. The van der Waals surface area contributed by atoms with Gasteiger partial charge in [-0.1, -0.05) is 30.3 Å². The molecule has 0 unspecified atom stereocenters. The van der Waals surface area contributed by atoms with Crippen molar-refractivity contribution in [2.24, 2.45) is 0 Å². The molecule has 0 radical (unpaired) electrons. The lowest BCUT2D eigenvalue weighted by atomic mass is 10.2. The molecule has 0 bridgehead atoms. The number of rotatable bonds is 7. The molecule has 0 saturated heterocycles. The molecule has 0 saturated carbocycles. The Bertz CT molecular complexity index is 813. The maximum atomic E-state index is 11.9. The molecule has 2 heterocycles. The van der Waals surface area contributed by atoms with E-state index in [-0.39, 0.29) is 5.56 Å². The minimum Gasteiger partial charge on any atom is -0.309 e. The van der Waals surface area contributed by atoms with E-state index in [0.717, 1.165) is 35.9 Å². The highest BCUT2D eigenvalue weighted by atomic mass is 32.2. The maximum absolute atomic E-state index is 11.9. The van der Waals surface area contributed by atoms with Gasteiger partial charge in [0, 0.05) is 18.8 Å². The van der Waals surface area contributed by atoms with E-state index in [1.165, 1.54) is 16.9 Å². The number of hydrogen-bond acceptors (Lipinski definition) is 5. The van der Waals surface area contributed by atoms with Crippen molar-refractivity contribution in [3.63, 3.8) is 0 Å². The van der Waals surface area contributed by atoms with E-state index in [4.69, 9.17) is 0 Å². The van der Waals surface area contributed by atoms with Crippen LogP contribution in [-0.2, 0) is 12.3 Å². The molecule has 0 aliphatic carbocycles. The van der Waals surface area contributed by atoms with Gasteiger partial charge in [0.15, 0.2) is 0 Å². The van der Waals surface area contributed by atoms with Gasteiger partial charge in [-0.05, 0) is 24.1 Å². The third-order valence-electron chi connectivity index (χ3n) is 3.52. The third kappa shape index (κ3) is 4.43. The van der Waals surface area contributed by atoms with Gasteiger partial charge < -0.3 is 9.88 Å². The Morgan fingerprint density at radius 1 is 1.26 bits per heavy atom. The van der Waals surface area contributed by atoms with Crippen molar-refractivity contribution in [2.45, 2.75) is 12.3 Å². The summed E-state index contributed by atoms with van der Waals surface area (Å²) < 4.78 is 0.710. The number of hydrogen-bond donors (Lipinski definition) is 1. The first-order chi connectivity index (χ1) is 11.2. The number of fused-ring (bicyclic) bond motifs is 1. The second kappa shape index (κ2) is 7.77. The van der Waals surface area contributed by atoms with Gasteiger partial charge in [0.05, 0.1) is 11.3 Å². The summed E-state index contributed by atoms with van der Waals surface area (Å²) in [6.07, 6.45) is 0. The Hall–Kier alpha value is -1.63. The number of aromatic nitrogens is 2. The van der Waals surface area contributed by atoms with Crippen LogP contribution in [-0.4, -0.2) is 34.2 Å². The average molecular weight is 345 g/mol. The molecule has 0 aliphatic rings. The second-order valence-electron chi connectivity index (χ2n) is 5.42. The van der Waals surface area contributed by atoms with Crippen LogP contribution in [0.5, 0.6) is 0 Å². The number of thioether (sulfide) groups is 1. The second-order valence-corrected chi connectivity index (χ2v) is 7.44. The van der Waals surface area contributed by atoms with Crippen molar-refractivity contribution in [2.75, 3.05) is 19.3 Å². The largest absolute Gasteiger partial charge is 0.309 e. The minimum absolute atomic E-state index is 0.0261. The van der Waals surface area contributed by atoms with Crippen molar-refractivity contribution in [3.8, 4) is 0 Å². The Balaban J connectivity index is 1.46. The lowest BCUT2D eigenvalue weighted by Gasteiger charge is -2.16. The van der Waals surface area contributed by atoms with Gasteiger partial charge in [-0.2, -0.15) is 11.8 Å². The highest BCUT2D eigenvalue weighted by Gasteiger charge is 2.05. The predicted molar refractivity (Wildman–Crippen MR) is 99.2 cm³/mol.